The van der Waals surface area contributed by atoms with Crippen molar-refractivity contribution < 1.29 is 9.13 Å². The molecule has 204 valence electrons. The number of piperazine rings is 1. The summed E-state index contributed by atoms with van der Waals surface area (Å²) in [6.07, 6.45) is 5.72. The van der Waals surface area contributed by atoms with Crippen molar-refractivity contribution in [1.82, 2.24) is 14.8 Å². The molecule has 2 fully saturated rings. The maximum absolute atomic E-state index is 12.6. The second-order valence-electron chi connectivity index (χ2n) is 10.7. The molecular formula is C32H36ClFN4O. The molecule has 1 N–H and O–H groups in total. The molecule has 39 heavy (non-hydrogen) atoms. The molecule has 7 heteroatoms. The zero-order valence-corrected chi connectivity index (χ0v) is 23.0. The number of aromatic nitrogens is 1. The predicted molar refractivity (Wildman–Crippen MR) is 158 cm³/mol. The van der Waals surface area contributed by atoms with Gasteiger partial charge in [-0.3, -0.25) is 4.90 Å². The van der Waals surface area contributed by atoms with Gasteiger partial charge in [-0.2, -0.15) is 0 Å². The summed E-state index contributed by atoms with van der Waals surface area (Å²) in [7, 11) is 0. The number of nitrogens with zero attached hydrogens (tertiary/aromatic N) is 3. The molecule has 2 saturated heterocycles. The van der Waals surface area contributed by atoms with Crippen LogP contribution >= 0.6 is 11.6 Å². The number of likely N-dealkylation sites (tertiary alicyclic amines) is 1. The molecule has 1 aromatic heterocycles. The molecule has 6 rings (SSSR count). The molecule has 3 heterocycles. The standard InChI is InChI=1S/C32H36ClFN4O/c33-30-4-2-1-3-26(30)19-24-11-15-36(16-12-24)21-25-5-10-29-31(20-25)38(22-32(29)37-17-13-35-14-18-37)27-6-8-28(9-7-27)39-23-34/h1-10,20,22,24,35H,11-19,21,23H2. The minimum absolute atomic E-state index is 0.540. The third-order valence-corrected chi connectivity index (χ3v) is 8.59. The van der Waals surface area contributed by atoms with E-state index in [4.69, 9.17) is 16.3 Å². The van der Waals surface area contributed by atoms with Gasteiger partial charge in [-0.25, -0.2) is 4.39 Å². The third-order valence-electron chi connectivity index (χ3n) is 8.22. The Bertz CT molecular complexity index is 1390. The number of ether oxygens (including phenoxy) is 1. The highest BCUT2D eigenvalue weighted by Gasteiger charge is 2.22. The van der Waals surface area contributed by atoms with E-state index in [2.05, 4.69) is 56.2 Å². The summed E-state index contributed by atoms with van der Waals surface area (Å²) in [5.41, 5.74) is 6.12. The lowest BCUT2D eigenvalue weighted by atomic mass is 9.90. The molecular weight excluding hydrogens is 511 g/mol. The van der Waals surface area contributed by atoms with Crippen molar-refractivity contribution in [3.63, 3.8) is 0 Å². The van der Waals surface area contributed by atoms with Crippen molar-refractivity contribution >= 4 is 28.2 Å². The number of halogens is 2. The van der Waals surface area contributed by atoms with Crippen LogP contribution in [0.3, 0.4) is 0 Å². The summed E-state index contributed by atoms with van der Waals surface area (Å²) in [5, 5.41) is 5.61. The summed E-state index contributed by atoms with van der Waals surface area (Å²) >= 11 is 6.42. The van der Waals surface area contributed by atoms with E-state index in [1.807, 2.05) is 36.4 Å². The number of anilines is 1. The van der Waals surface area contributed by atoms with Crippen LogP contribution in [-0.4, -0.2) is 55.6 Å². The highest BCUT2D eigenvalue weighted by atomic mass is 35.5. The highest BCUT2D eigenvalue weighted by molar-refractivity contribution is 6.31. The van der Waals surface area contributed by atoms with Gasteiger partial charge in [-0.1, -0.05) is 41.9 Å². The molecule has 0 aliphatic carbocycles. The van der Waals surface area contributed by atoms with Gasteiger partial charge in [-0.15, -0.1) is 0 Å². The number of rotatable bonds is 8. The van der Waals surface area contributed by atoms with Crippen LogP contribution in [-0.2, 0) is 13.0 Å². The average molecular weight is 547 g/mol. The summed E-state index contributed by atoms with van der Waals surface area (Å²) in [6.45, 7) is 6.32. The van der Waals surface area contributed by atoms with E-state index in [1.54, 1.807) is 0 Å². The first kappa shape index (κ1) is 26.2. The van der Waals surface area contributed by atoms with Gasteiger partial charge in [0.25, 0.3) is 0 Å². The number of alkyl halides is 1. The average Bonchev–Trinajstić information content (AvgIpc) is 3.35. The number of piperidine rings is 1. The summed E-state index contributed by atoms with van der Waals surface area (Å²) in [6, 6.07) is 22.9. The lowest BCUT2D eigenvalue weighted by Gasteiger charge is -2.32. The van der Waals surface area contributed by atoms with Gasteiger partial charge in [0.15, 0.2) is 0 Å². The lowest BCUT2D eigenvalue weighted by Crippen LogP contribution is -2.43. The minimum Gasteiger partial charge on any atom is -0.463 e. The number of hydrogen-bond acceptors (Lipinski definition) is 4. The quantitative estimate of drug-likeness (QED) is 0.275. The van der Waals surface area contributed by atoms with Gasteiger partial charge in [0.1, 0.15) is 5.75 Å². The Morgan fingerprint density at radius 2 is 1.69 bits per heavy atom. The maximum atomic E-state index is 12.6. The van der Waals surface area contributed by atoms with Crippen molar-refractivity contribution in [2.75, 3.05) is 51.0 Å². The van der Waals surface area contributed by atoms with E-state index >= 15 is 0 Å². The normalized spacial score (nSPS) is 17.1. The SMILES string of the molecule is FCOc1ccc(-n2cc(N3CCNCC3)c3ccc(CN4CCC(Cc5ccccc5Cl)CC4)cc32)cc1. The molecule has 0 atom stereocenters. The van der Waals surface area contributed by atoms with Crippen LogP contribution in [0.15, 0.2) is 72.9 Å². The number of fused-ring (bicyclic) bond motifs is 1. The Balaban J connectivity index is 1.21. The molecule has 0 saturated carbocycles. The second-order valence-corrected chi connectivity index (χ2v) is 11.1. The van der Waals surface area contributed by atoms with E-state index in [-0.39, 0.29) is 0 Å². The molecule has 3 aromatic carbocycles. The Morgan fingerprint density at radius 1 is 0.923 bits per heavy atom. The van der Waals surface area contributed by atoms with E-state index in [1.165, 1.54) is 40.6 Å². The fourth-order valence-corrected chi connectivity index (χ4v) is 6.28. The minimum atomic E-state index is -0.820. The van der Waals surface area contributed by atoms with Crippen LogP contribution in [0.5, 0.6) is 5.75 Å². The Hall–Kier alpha value is -3.06. The van der Waals surface area contributed by atoms with Gasteiger partial charge in [-0.05, 0) is 85.8 Å². The van der Waals surface area contributed by atoms with Crippen molar-refractivity contribution in [2.45, 2.75) is 25.8 Å². The molecule has 2 aliphatic rings. The van der Waals surface area contributed by atoms with Crippen molar-refractivity contribution in [1.29, 1.82) is 0 Å². The molecule has 0 radical (unpaired) electrons. The van der Waals surface area contributed by atoms with Crippen molar-refractivity contribution in [2.24, 2.45) is 5.92 Å². The molecule has 2 aliphatic heterocycles. The summed E-state index contributed by atoms with van der Waals surface area (Å²) in [5.74, 6) is 1.23. The van der Waals surface area contributed by atoms with E-state index in [0.717, 1.165) is 62.9 Å². The van der Waals surface area contributed by atoms with Crippen LogP contribution in [0.25, 0.3) is 16.6 Å². The van der Waals surface area contributed by atoms with Gasteiger partial charge >= 0.3 is 0 Å². The number of nitrogens with one attached hydrogen (secondary N) is 1. The highest BCUT2D eigenvalue weighted by Crippen LogP contribution is 2.34. The molecule has 0 unspecified atom stereocenters. The largest absolute Gasteiger partial charge is 0.463 e. The molecule has 4 aromatic rings. The lowest BCUT2D eigenvalue weighted by molar-refractivity contribution is 0.177. The molecule has 5 nitrogen and oxygen atoms in total. The number of benzene rings is 3. The molecule has 0 spiro atoms. The predicted octanol–water partition coefficient (Wildman–Crippen LogP) is 6.45. The van der Waals surface area contributed by atoms with Gasteiger partial charge in [0, 0.05) is 55.0 Å². The van der Waals surface area contributed by atoms with E-state index in [9.17, 15) is 4.39 Å². The monoisotopic (exact) mass is 546 g/mol. The van der Waals surface area contributed by atoms with Gasteiger partial charge < -0.3 is 19.5 Å². The number of hydrogen-bond donors (Lipinski definition) is 1. The fourth-order valence-electron chi connectivity index (χ4n) is 6.07. The topological polar surface area (TPSA) is 32.7 Å². The first-order valence-corrected chi connectivity index (χ1v) is 14.4. The molecule has 0 amide bonds. The maximum Gasteiger partial charge on any atom is 0.228 e. The van der Waals surface area contributed by atoms with E-state index < -0.39 is 6.86 Å². The van der Waals surface area contributed by atoms with Crippen molar-refractivity contribution in [3.05, 3.63) is 89.1 Å². The van der Waals surface area contributed by atoms with Crippen molar-refractivity contribution in [3.8, 4) is 11.4 Å². The van der Waals surface area contributed by atoms with Gasteiger partial charge in [0.05, 0.1) is 11.2 Å². The van der Waals surface area contributed by atoms with Gasteiger partial charge in [0.2, 0.25) is 6.86 Å². The fraction of sp³-hybridized carbons (Fsp3) is 0.375. The Labute approximate surface area is 235 Å². The van der Waals surface area contributed by atoms with Crippen LogP contribution in [0.1, 0.15) is 24.0 Å². The first-order chi connectivity index (χ1) is 19.2. The van der Waals surface area contributed by atoms with E-state index in [0.29, 0.717) is 11.7 Å². The molecule has 0 bridgehead atoms. The van der Waals surface area contributed by atoms with Crippen LogP contribution < -0.4 is 15.0 Å². The van der Waals surface area contributed by atoms with Crippen LogP contribution in [0, 0.1) is 5.92 Å². The zero-order valence-electron chi connectivity index (χ0n) is 22.3. The van der Waals surface area contributed by atoms with Crippen LogP contribution in [0.4, 0.5) is 10.1 Å². The third kappa shape index (κ3) is 5.93. The first-order valence-electron chi connectivity index (χ1n) is 14.0. The zero-order chi connectivity index (χ0) is 26.6. The smallest absolute Gasteiger partial charge is 0.228 e. The second kappa shape index (κ2) is 12.0. The summed E-state index contributed by atoms with van der Waals surface area (Å²) in [4.78, 5) is 5.05. The Kier molecular flexibility index (Phi) is 8.05. The van der Waals surface area contributed by atoms with Crippen LogP contribution in [0.2, 0.25) is 5.02 Å². The Morgan fingerprint density at radius 3 is 2.44 bits per heavy atom. The summed E-state index contributed by atoms with van der Waals surface area (Å²) < 4.78 is 19.9.